The maximum atomic E-state index is 12.7. The van der Waals surface area contributed by atoms with Gasteiger partial charge in [-0.05, 0) is 50.2 Å². The molecule has 1 amide bonds. The van der Waals surface area contributed by atoms with Gasteiger partial charge in [0.25, 0.3) is 5.69 Å². The molecule has 0 spiro atoms. The quantitative estimate of drug-likeness (QED) is 0.243. The zero-order valence-corrected chi connectivity index (χ0v) is 18.1. The van der Waals surface area contributed by atoms with E-state index in [0.29, 0.717) is 22.4 Å². The molecule has 0 aliphatic carbocycles. The Morgan fingerprint density at radius 1 is 1.12 bits per heavy atom. The van der Waals surface area contributed by atoms with Gasteiger partial charge in [-0.1, -0.05) is 29.5 Å². The number of non-ortho nitro benzene ring substituents is 1. The molecule has 0 radical (unpaired) electrons. The number of nitro groups is 1. The summed E-state index contributed by atoms with van der Waals surface area (Å²) in [5.74, 6) is 0.832. The molecular formula is C22H19N5O4S. The maximum Gasteiger partial charge on any atom is 0.269 e. The van der Waals surface area contributed by atoms with Crippen molar-refractivity contribution in [2.45, 2.75) is 24.3 Å². The Bertz CT molecular complexity index is 1230. The highest BCUT2D eigenvalue weighted by atomic mass is 32.2. The molecule has 0 aliphatic heterocycles. The molecule has 0 bridgehead atoms. The number of furan rings is 1. The Kier molecular flexibility index (Phi) is 6.04. The van der Waals surface area contributed by atoms with Crippen molar-refractivity contribution in [2.24, 2.45) is 0 Å². The fourth-order valence-corrected chi connectivity index (χ4v) is 3.83. The van der Waals surface area contributed by atoms with Crippen molar-refractivity contribution in [3.05, 3.63) is 82.6 Å². The van der Waals surface area contributed by atoms with Gasteiger partial charge in [-0.3, -0.25) is 19.5 Å². The van der Waals surface area contributed by atoms with Crippen LogP contribution < -0.4 is 5.32 Å². The standard InChI is InChI=1S/C22H19N5O4S/c1-14-5-9-17(10-6-14)26-20(19-4-3-13-31-19)24-25-22(26)32-15(2)21(28)23-16-7-11-18(12-8-16)27(29)30/h3-13,15H,1-2H3,(H,23,28)/t15-/m0/s1. The second-order valence-electron chi connectivity index (χ2n) is 7.01. The predicted molar refractivity (Wildman–Crippen MR) is 121 cm³/mol. The Balaban J connectivity index is 1.57. The summed E-state index contributed by atoms with van der Waals surface area (Å²) < 4.78 is 7.36. The number of aryl methyl sites for hydroxylation is 1. The largest absolute Gasteiger partial charge is 0.461 e. The van der Waals surface area contributed by atoms with Crippen molar-refractivity contribution < 1.29 is 14.1 Å². The lowest BCUT2D eigenvalue weighted by atomic mass is 10.2. The molecule has 0 fully saturated rings. The third-order valence-electron chi connectivity index (χ3n) is 4.66. The fraction of sp³-hybridized carbons (Fsp3) is 0.136. The van der Waals surface area contributed by atoms with Crippen LogP contribution in [0.4, 0.5) is 11.4 Å². The molecule has 162 valence electrons. The van der Waals surface area contributed by atoms with Crippen molar-refractivity contribution >= 4 is 29.0 Å². The molecule has 4 aromatic rings. The van der Waals surface area contributed by atoms with E-state index in [9.17, 15) is 14.9 Å². The van der Waals surface area contributed by atoms with E-state index in [-0.39, 0.29) is 11.6 Å². The van der Waals surface area contributed by atoms with Crippen LogP contribution in [0.25, 0.3) is 17.3 Å². The molecule has 0 saturated heterocycles. The number of nitrogens with one attached hydrogen (secondary N) is 1. The third-order valence-corrected chi connectivity index (χ3v) is 5.71. The van der Waals surface area contributed by atoms with Crippen LogP contribution in [0.5, 0.6) is 0 Å². The lowest BCUT2D eigenvalue weighted by molar-refractivity contribution is -0.384. The molecular weight excluding hydrogens is 430 g/mol. The summed E-state index contributed by atoms with van der Waals surface area (Å²) >= 11 is 1.25. The zero-order valence-electron chi connectivity index (χ0n) is 17.3. The smallest absolute Gasteiger partial charge is 0.269 e. The highest BCUT2D eigenvalue weighted by molar-refractivity contribution is 8.00. The minimum absolute atomic E-state index is 0.0397. The number of benzene rings is 2. The number of hydrogen-bond donors (Lipinski definition) is 1. The molecule has 10 heteroatoms. The summed E-state index contributed by atoms with van der Waals surface area (Å²) in [6, 6.07) is 17.1. The first-order chi connectivity index (χ1) is 15.4. The van der Waals surface area contributed by atoms with Crippen molar-refractivity contribution in [3.63, 3.8) is 0 Å². The summed E-state index contributed by atoms with van der Waals surface area (Å²) in [5, 5.41) is 22.2. The average molecular weight is 449 g/mol. The van der Waals surface area contributed by atoms with Crippen molar-refractivity contribution in [1.82, 2.24) is 14.8 Å². The van der Waals surface area contributed by atoms with E-state index in [0.717, 1.165) is 11.3 Å². The van der Waals surface area contributed by atoms with E-state index < -0.39 is 10.2 Å². The van der Waals surface area contributed by atoms with E-state index in [4.69, 9.17) is 4.42 Å². The summed E-state index contributed by atoms with van der Waals surface area (Å²) in [7, 11) is 0. The third kappa shape index (κ3) is 4.54. The van der Waals surface area contributed by atoms with Gasteiger partial charge in [-0.2, -0.15) is 0 Å². The number of carbonyl (C=O) groups is 1. The molecule has 2 aromatic carbocycles. The lowest BCUT2D eigenvalue weighted by Crippen LogP contribution is -2.22. The van der Waals surface area contributed by atoms with E-state index >= 15 is 0 Å². The molecule has 4 rings (SSSR count). The summed E-state index contributed by atoms with van der Waals surface area (Å²) in [4.78, 5) is 23.0. The number of hydrogen-bond acceptors (Lipinski definition) is 7. The molecule has 1 atom stereocenters. The van der Waals surface area contributed by atoms with E-state index in [1.54, 1.807) is 25.3 Å². The first-order valence-electron chi connectivity index (χ1n) is 9.70. The lowest BCUT2D eigenvalue weighted by Gasteiger charge is -2.13. The average Bonchev–Trinajstić information content (AvgIpc) is 3.45. The Morgan fingerprint density at radius 3 is 2.47 bits per heavy atom. The molecule has 0 unspecified atom stereocenters. The van der Waals surface area contributed by atoms with Gasteiger partial charge in [0, 0.05) is 23.5 Å². The van der Waals surface area contributed by atoms with Gasteiger partial charge in [0.05, 0.1) is 16.4 Å². The highest BCUT2D eigenvalue weighted by Gasteiger charge is 2.23. The monoisotopic (exact) mass is 449 g/mol. The van der Waals surface area contributed by atoms with Gasteiger partial charge in [-0.15, -0.1) is 10.2 Å². The number of carbonyl (C=O) groups excluding carboxylic acids is 1. The number of nitrogens with zero attached hydrogens (tertiary/aromatic N) is 4. The molecule has 1 N–H and O–H groups in total. The van der Waals surface area contributed by atoms with Gasteiger partial charge >= 0.3 is 0 Å². The summed E-state index contributed by atoms with van der Waals surface area (Å²) in [6.07, 6.45) is 1.57. The minimum Gasteiger partial charge on any atom is -0.461 e. The topological polar surface area (TPSA) is 116 Å². The number of amides is 1. The van der Waals surface area contributed by atoms with Crippen molar-refractivity contribution in [1.29, 1.82) is 0 Å². The van der Waals surface area contributed by atoms with Gasteiger partial charge < -0.3 is 9.73 Å². The molecule has 32 heavy (non-hydrogen) atoms. The van der Waals surface area contributed by atoms with Gasteiger partial charge in [0.2, 0.25) is 11.7 Å². The van der Waals surface area contributed by atoms with Gasteiger partial charge in [-0.25, -0.2) is 0 Å². The first kappa shape index (κ1) is 21.3. The number of aromatic nitrogens is 3. The van der Waals surface area contributed by atoms with E-state index in [1.807, 2.05) is 35.8 Å². The number of nitro benzene ring substituents is 1. The van der Waals surface area contributed by atoms with Crippen LogP contribution in [0.2, 0.25) is 0 Å². The molecule has 0 aliphatic rings. The van der Waals surface area contributed by atoms with Crippen LogP contribution in [-0.4, -0.2) is 30.8 Å². The number of thioether (sulfide) groups is 1. The molecule has 9 nitrogen and oxygen atoms in total. The number of anilines is 1. The van der Waals surface area contributed by atoms with Crippen LogP contribution in [0.3, 0.4) is 0 Å². The van der Waals surface area contributed by atoms with E-state index in [1.165, 1.54) is 36.0 Å². The van der Waals surface area contributed by atoms with Crippen LogP contribution >= 0.6 is 11.8 Å². The minimum atomic E-state index is -0.511. The second-order valence-corrected chi connectivity index (χ2v) is 8.32. The van der Waals surface area contributed by atoms with Crippen LogP contribution in [0, 0.1) is 17.0 Å². The molecule has 0 saturated carbocycles. The predicted octanol–water partition coefficient (Wildman–Crippen LogP) is 4.86. The van der Waals surface area contributed by atoms with Gasteiger partial charge in [0.1, 0.15) is 0 Å². The van der Waals surface area contributed by atoms with Crippen LogP contribution in [-0.2, 0) is 4.79 Å². The van der Waals surface area contributed by atoms with Crippen molar-refractivity contribution in [3.8, 4) is 17.3 Å². The van der Waals surface area contributed by atoms with Crippen molar-refractivity contribution in [2.75, 3.05) is 5.32 Å². The summed E-state index contributed by atoms with van der Waals surface area (Å²) in [5.41, 5.74) is 2.40. The fourth-order valence-electron chi connectivity index (χ4n) is 2.96. The summed E-state index contributed by atoms with van der Waals surface area (Å²) in [6.45, 7) is 3.76. The number of rotatable bonds is 7. The Labute approximate surface area is 187 Å². The molecule has 2 aromatic heterocycles. The second kappa shape index (κ2) is 9.06. The van der Waals surface area contributed by atoms with E-state index in [2.05, 4.69) is 15.5 Å². The van der Waals surface area contributed by atoms with Crippen LogP contribution in [0.15, 0.2) is 76.5 Å². The zero-order chi connectivity index (χ0) is 22.7. The van der Waals surface area contributed by atoms with Gasteiger partial charge in [0.15, 0.2) is 10.9 Å². The first-order valence-corrected chi connectivity index (χ1v) is 10.6. The maximum absolute atomic E-state index is 12.7. The Hall–Kier alpha value is -3.92. The normalized spacial score (nSPS) is 11.8. The Morgan fingerprint density at radius 2 is 1.84 bits per heavy atom. The highest BCUT2D eigenvalue weighted by Crippen LogP contribution is 2.31. The van der Waals surface area contributed by atoms with Crippen LogP contribution in [0.1, 0.15) is 12.5 Å². The SMILES string of the molecule is Cc1ccc(-n2c(S[C@@H](C)C(=O)Nc3ccc([N+](=O)[O-])cc3)nnc2-c2ccco2)cc1. The molecule has 2 heterocycles.